The van der Waals surface area contributed by atoms with Crippen molar-refractivity contribution in [2.24, 2.45) is 28.7 Å². The predicted octanol–water partition coefficient (Wildman–Crippen LogP) is -6.30. The molecule has 3 aliphatic rings. The largest absolute Gasteiger partial charge is 0.394 e. The zero-order chi connectivity index (χ0) is 23.7. The lowest BCUT2D eigenvalue weighted by atomic mass is 9.84. The van der Waals surface area contributed by atoms with Crippen LogP contribution in [0.4, 0.5) is 0 Å². The predicted molar refractivity (Wildman–Crippen MR) is 108 cm³/mol. The summed E-state index contributed by atoms with van der Waals surface area (Å²) in [6.45, 7) is -0.499. The van der Waals surface area contributed by atoms with Crippen LogP contribution in [0.2, 0.25) is 0 Å². The first-order valence-corrected chi connectivity index (χ1v) is 10.8. The fourth-order valence-corrected chi connectivity index (χ4v) is 4.43. The fourth-order valence-electron chi connectivity index (χ4n) is 4.43. The monoisotopic (exact) mass is 467 g/mol. The summed E-state index contributed by atoms with van der Waals surface area (Å²) in [5.74, 6) is 0. The van der Waals surface area contributed by atoms with Crippen molar-refractivity contribution in [1.82, 2.24) is 0 Å². The van der Waals surface area contributed by atoms with Gasteiger partial charge in [-0.2, -0.15) is 0 Å². The molecule has 14 atom stereocenters. The highest BCUT2D eigenvalue weighted by Gasteiger charge is 2.50. The first-order valence-electron chi connectivity index (χ1n) is 10.8. The number of ether oxygens (including phenoxy) is 4. The van der Waals surface area contributed by atoms with E-state index in [-0.39, 0.29) is 19.4 Å². The maximum absolute atomic E-state index is 11.0. The van der Waals surface area contributed by atoms with E-state index in [1.54, 1.807) is 0 Å². The molecule has 2 saturated heterocycles. The zero-order valence-electron chi connectivity index (χ0n) is 17.7. The number of hydrogen-bond donors (Lipinski definition) is 10. The van der Waals surface area contributed by atoms with E-state index >= 15 is 0 Å². The van der Waals surface area contributed by atoms with Gasteiger partial charge in [0.2, 0.25) is 0 Å². The Morgan fingerprint density at radius 3 is 1.84 bits per heavy atom. The molecule has 0 amide bonds. The van der Waals surface area contributed by atoms with Crippen molar-refractivity contribution in [3.8, 4) is 0 Å². The van der Waals surface area contributed by atoms with Gasteiger partial charge in [-0.05, 0) is 12.8 Å². The highest BCUT2D eigenvalue weighted by atomic mass is 16.7. The summed E-state index contributed by atoms with van der Waals surface area (Å²) >= 11 is 0. The third-order valence-electron chi connectivity index (χ3n) is 6.41. The van der Waals surface area contributed by atoms with Crippen molar-refractivity contribution in [1.29, 1.82) is 0 Å². The molecular formula is C18H37N5O9. The maximum Gasteiger partial charge on any atom is 0.186 e. The number of aliphatic hydroxyl groups excluding tert-OH is 5. The molecule has 15 N–H and O–H groups in total. The molecule has 14 nitrogen and oxygen atoms in total. The van der Waals surface area contributed by atoms with Crippen LogP contribution in [0, 0.1) is 0 Å². The van der Waals surface area contributed by atoms with Crippen LogP contribution in [0.5, 0.6) is 0 Å². The van der Waals surface area contributed by atoms with Crippen LogP contribution in [0.1, 0.15) is 12.8 Å². The normalized spacial score (nSPS) is 52.7. The van der Waals surface area contributed by atoms with E-state index in [0.29, 0.717) is 0 Å². The number of hydrogen-bond acceptors (Lipinski definition) is 14. The smallest absolute Gasteiger partial charge is 0.186 e. The Morgan fingerprint density at radius 2 is 1.28 bits per heavy atom. The minimum absolute atomic E-state index is 0.0542. The van der Waals surface area contributed by atoms with Gasteiger partial charge in [-0.25, -0.2) is 0 Å². The molecule has 188 valence electrons. The lowest BCUT2D eigenvalue weighted by Gasteiger charge is -2.47. The van der Waals surface area contributed by atoms with Crippen LogP contribution < -0.4 is 28.7 Å². The molecule has 3 rings (SSSR count). The summed E-state index contributed by atoms with van der Waals surface area (Å²) in [6, 6.07) is -3.27. The Labute approximate surface area is 185 Å². The van der Waals surface area contributed by atoms with Gasteiger partial charge in [0.05, 0.1) is 30.9 Å². The number of nitrogens with two attached hydrogens (primary N) is 5. The zero-order valence-corrected chi connectivity index (χ0v) is 17.7. The van der Waals surface area contributed by atoms with Crippen LogP contribution in [0.25, 0.3) is 0 Å². The Balaban J connectivity index is 1.70. The summed E-state index contributed by atoms with van der Waals surface area (Å²) in [7, 11) is 0. The molecule has 1 saturated carbocycles. The third-order valence-corrected chi connectivity index (χ3v) is 6.41. The van der Waals surface area contributed by atoms with E-state index in [2.05, 4.69) is 0 Å². The van der Waals surface area contributed by atoms with Gasteiger partial charge in [0.25, 0.3) is 0 Å². The van der Waals surface area contributed by atoms with Crippen LogP contribution >= 0.6 is 0 Å². The van der Waals surface area contributed by atoms with Crippen molar-refractivity contribution in [3.63, 3.8) is 0 Å². The van der Waals surface area contributed by atoms with Gasteiger partial charge < -0.3 is 73.1 Å². The molecule has 2 aliphatic heterocycles. The minimum atomic E-state index is -1.44. The highest BCUT2D eigenvalue weighted by Crippen LogP contribution is 2.30. The Kier molecular flexibility index (Phi) is 8.79. The second-order valence-electron chi connectivity index (χ2n) is 8.78. The lowest BCUT2D eigenvalue weighted by Crippen LogP contribution is -2.68. The minimum Gasteiger partial charge on any atom is -0.394 e. The molecule has 1 aliphatic carbocycles. The standard InChI is InChI=1S/C18H37N5O9/c19-3-9-8(25)2-7(22)17(29-9)31-15-5(20)1-6(21)16(14(15)28)32-18-13(27)11(23)12(26)10(4-24)30-18/h5-18,24-28H,1-4,19-23H2/t5?,6-,7?,8+,9?,10?,11+,12-,13?,14?,15-,16?,17-,18-/m1/s1. The molecule has 7 unspecified atom stereocenters. The van der Waals surface area contributed by atoms with Crippen molar-refractivity contribution < 1.29 is 44.5 Å². The molecular weight excluding hydrogens is 430 g/mol. The molecule has 0 bridgehead atoms. The summed E-state index contributed by atoms with van der Waals surface area (Å²) in [4.78, 5) is 0. The van der Waals surface area contributed by atoms with Gasteiger partial charge >= 0.3 is 0 Å². The van der Waals surface area contributed by atoms with Crippen molar-refractivity contribution in [2.75, 3.05) is 13.2 Å². The summed E-state index contributed by atoms with van der Waals surface area (Å²) < 4.78 is 22.7. The van der Waals surface area contributed by atoms with Crippen LogP contribution in [0.15, 0.2) is 0 Å². The molecule has 3 fully saturated rings. The molecule has 0 radical (unpaired) electrons. The molecule has 0 aromatic rings. The quantitative estimate of drug-likeness (QED) is 0.174. The Bertz CT molecular complexity index is 607. The average Bonchev–Trinajstić information content (AvgIpc) is 2.75. The van der Waals surface area contributed by atoms with Gasteiger partial charge in [0, 0.05) is 18.6 Å². The van der Waals surface area contributed by atoms with Crippen LogP contribution in [0.3, 0.4) is 0 Å². The highest BCUT2D eigenvalue weighted by molar-refractivity contribution is 5.01. The van der Waals surface area contributed by atoms with E-state index in [4.69, 9.17) is 47.6 Å². The third kappa shape index (κ3) is 5.24. The van der Waals surface area contributed by atoms with Crippen LogP contribution in [-0.4, -0.2) is 124 Å². The van der Waals surface area contributed by atoms with Crippen molar-refractivity contribution >= 4 is 0 Å². The van der Waals surface area contributed by atoms with Gasteiger partial charge in [-0.3, -0.25) is 0 Å². The second kappa shape index (κ2) is 10.8. The summed E-state index contributed by atoms with van der Waals surface area (Å²) in [5, 5.41) is 50.7. The van der Waals surface area contributed by atoms with Gasteiger partial charge in [0.1, 0.15) is 36.6 Å². The second-order valence-corrected chi connectivity index (χ2v) is 8.78. The summed E-state index contributed by atoms with van der Waals surface area (Å²) in [6.07, 6.45) is -10.8. The maximum atomic E-state index is 11.0. The summed E-state index contributed by atoms with van der Waals surface area (Å²) in [5.41, 5.74) is 29.8. The molecule has 32 heavy (non-hydrogen) atoms. The number of aliphatic hydroxyl groups is 5. The Morgan fingerprint density at radius 1 is 0.719 bits per heavy atom. The van der Waals surface area contributed by atoms with E-state index in [1.807, 2.05) is 0 Å². The van der Waals surface area contributed by atoms with E-state index in [0.717, 1.165) is 0 Å². The van der Waals surface area contributed by atoms with E-state index < -0.39 is 92.2 Å². The van der Waals surface area contributed by atoms with Crippen molar-refractivity contribution in [3.05, 3.63) is 0 Å². The molecule has 2 heterocycles. The number of rotatable bonds is 6. The molecule has 0 spiro atoms. The molecule has 0 aromatic carbocycles. The van der Waals surface area contributed by atoms with Gasteiger partial charge in [-0.15, -0.1) is 0 Å². The first kappa shape index (κ1) is 26.1. The fraction of sp³-hybridized carbons (Fsp3) is 1.00. The van der Waals surface area contributed by atoms with E-state index in [9.17, 15) is 25.5 Å². The Hall–Kier alpha value is -0.560. The topological polar surface area (TPSA) is 268 Å². The SMILES string of the molecule is NCC1O[C@H](O[C@@H]2C(N)C[C@@H](N)C(O[C@H]3OC(CO)[C@@H](O)[C@H](N)C3O)C2O)C(N)C[C@@H]1O. The molecule has 0 aromatic heterocycles. The van der Waals surface area contributed by atoms with Crippen LogP contribution in [-0.2, 0) is 18.9 Å². The average molecular weight is 468 g/mol. The van der Waals surface area contributed by atoms with Crippen molar-refractivity contribution in [2.45, 2.75) is 98.4 Å². The molecule has 14 heteroatoms. The van der Waals surface area contributed by atoms with E-state index in [1.165, 1.54) is 0 Å². The van der Waals surface area contributed by atoms with Gasteiger partial charge in [-0.1, -0.05) is 0 Å². The van der Waals surface area contributed by atoms with Gasteiger partial charge in [0.15, 0.2) is 12.6 Å². The first-order chi connectivity index (χ1) is 15.1. The lowest BCUT2D eigenvalue weighted by molar-refractivity contribution is -0.314.